The molecule has 0 aromatic heterocycles. The highest BCUT2D eigenvalue weighted by Crippen LogP contribution is 2.39. The van der Waals surface area contributed by atoms with Gasteiger partial charge in [0.05, 0.1) is 9.85 Å². The zero-order chi connectivity index (χ0) is 10.5. The Bertz CT molecular complexity index is 498. The van der Waals surface area contributed by atoms with E-state index in [4.69, 9.17) is 0 Å². The van der Waals surface area contributed by atoms with Gasteiger partial charge in [0.2, 0.25) is 5.78 Å². The summed E-state index contributed by atoms with van der Waals surface area (Å²) in [4.78, 5) is 30.1. The smallest absolute Gasteiger partial charge is 0.288 e. The van der Waals surface area contributed by atoms with Gasteiger partial charge in [-0.1, -0.05) is 0 Å². The average molecular weight is 231 g/mol. The number of halogens is 1. The van der Waals surface area contributed by atoms with E-state index in [1.165, 1.54) is 6.07 Å². The van der Waals surface area contributed by atoms with Crippen LogP contribution in [0.25, 0.3) is 0 Å². The van der Waals surface area contributed by atoms with Crippen molar-refractivity contribution in [3.8, 4) is 0 Å². The van der Waals surface area contributed by atoms with E-state index in [9.17, 15) is 25.0 Å². The van der Waals surface area contributed by atoms with Crippen molar-refractivity contribution in [1.82, 2.24) is 0 Å². The number of ketones is 1. The maximum Gasteiger partial charge on any atom is 0.357 e. The Hall–Kier alpha value is -2.02. The molecule has 0 N–H and O–H groups in total. The number of benzene rings is 1. The van der Waals surface area contributed by atoms with Crippen LogP contribution in [0.2, 0.25) is 0 Å². The van der Waals surface area contributed by atoms with Crippen LogP contribution in [-0.4, -0.2) is 15.6 Å². The van der Waals surface area contributed by atoms with Crippen molar-refractivity contribution >= 4 is 29.6 Å². The van der Waals surface area contributed by atoms with Gasteiger partial charge in [-0.2, -0.15) is 0 Å². The molecule has 8 heteroatoms. The lowest BCUT2D eigenvalue weighted by atomic mass is 9.89. The van der Waals surface area contributed by atoms with E-state index in [-0.39, 0.29) is 23.5 Å². The minimum absolute atomic E-state index is 0. The van der Waals surface area contributed by atoms with Crippen molar-refractivity contribution in [2.45, 2.75) is 0 Å². The minimum Gasteiger partial charge on any atom is -0.288 e. The van der Waals surface area contributed by atoms with E-state index in [0.717, 1.165) is 6.07 Å². The van der Waals surface area contributed by atoms with Gasteiger partial charge >= 0.3 is 11.4 Å². The highest BCUT2D eigenvalue weighted by atomic mass is 35.5. The summed E-state index contributed by atoms with van der Waals surface area (Å²) in [5.74, 6) is -0.498. The number of fused-ring (bicyclic) bond motifs is 2. The highest BCUT2D eigenvalue weighted by Gasteiger charge is 2.40. The van der Waals surface area contributed by atoms with Crippen LogP contribution in [0.15, 0.2) is 12.1 Å². The summed E-state index contributed by atoms with van der Waals surface area (Å²) in [7, 11) is 0. The molecule has 0 fully saturated rings. The van der Waals surface area contributed by atoms with E-state index in [1.807, 2.05) is 0 Å². The average Bonchev–Trinajstić information content (AvgIpc) is 2.15. The number of nitrogens with zero attached hydrogens (tertiary/aromatic N) is 2. The second-order valence-electron chi connectivity index (χ2n) is 2.73. The molecule has 7 nitrogen and oxygen atoms in total. The zero-order valence-electron chi connectivity index (χ0n) is 7.00. The number of nitro groups is 2. The number of hydrogen-bond donors (Lipinski definition) is 0. The Balaban J connectivity index is 0.00000112. The molecule has 2 bridgehead atoms. The summed E-state index contributed by atoms with van der Waals surface area (Å²) in [6.45, 7) is 0. The summed E-state index contributed by atoms with van der Waals surface area (Å²) >= 11 is 0. The van der Waals surface area contributed by atoms with Crippen LogP contribution < -0.4 is 0 Å². The summed E-state index contributed by atoms with van der Waals surface area (Å²) < 4.78 is 0. The molecule has 0 spiro atoms. The Morgan fingerprint density at radius 2 is 1.67 bits per heavy atom. The van der Waals surface area contributed by atoms with Crippen molar-refractivity contribution in [2.24, 2.45) is 0 Å². The molecule has 1 aromatic rings. The molecule has 2 aliphatic carbocycles. The summed E-state index contributed by atoms with van der Waals surface area (Å²) in [5, 5.41) is 20.9. The molecule has 0 saturated heterocycles. The van der Waals surface area contributed by atoms with Gasteiger partial charge < -0.3 is 0 Å². The molecule has 3 rings (SSSR count). The summed E-state index contributed by atoms with van der Waals surface area (Å²) in [6.07, 6.45) is 0. The summed E-state index contributed by atoms with van der Waals surface area (Å²) in [5.41, 5.74) is -1.37. The third kappa shape index (κ3) is 1.33. The number of carbonyl (C=O) groups is 1. The second kappa shape index (κ2) is 3.28. The van der Waals surface area contributed by atoms with Crippen molar-refractivity contribution < 1.29 is 14.6 Å². The molecule has 2 aliphatic rings. The van der Waals surface area contributed by atoms with Gasteiger partial charge in [-0.05, 0) is 6.07 Å². The van der Waals surface area contributed by atoms with E-state index in [1.54, 1.807) is 0 Å². The molecule has 0 unspecified atom stereocenters. The number of nitro benzene ring substituents is 2. The Morgan fingerprint density at radius 1 is 1.07 bits per heavy atom. The molecule has 0 amide bonds. The van der Waals surface area contributed by atoms with E-state index < -0.39 is 27.0 Å². The molecular formula is C7H3ClN2O5. The van der Waals surface area contributed by atoms with Crippen LogP contribution in [0.4, 0.5) is 11.4 Å². The van der Waals surface area contributed by atoms with Gasteiger partial charge in [0.1, 0.15) is 5.56 Å². The minimum atomic E-state index is -0.908. The normalized spacial score (nSPS) is 11.3. The molecular weight excluding hydrogens is 228 g/mol. The predicted molar refractivity (Wildman–Crippen MR) is 50.4 cm³/mol. The van der Waals surface area contributed by atoms with Crippen LogP contribution >= 0.6 is 12.4 Å². The van der Waals surface area contributed by atoms with Crippen molar-refractivity contribution in [3.63, 3.8) is 0 Å². The lowest BCUT2D eigenvalue weighted by molar-refractivity contribution is -0.422. The first-order valence-corrected chi connectivity index (χ1v) is 3.54. The number of carbonyl (C=O) groups excluding carboxylic acids is 1. The molecule has 1 aromatic carbocycles. The zero-order valence-corrected chi connectivity index (χ0v) is 7.82. The molecule has 0 radical (unpaired) electrons. The fourth-order valence-corrected chi connectivity index (χ4v) is 1.33. The monoisotopic (exact) mass is 230 g/mol. The third-order valence-corrected chi connectivity index (χ3v) is 1.98. The van der Waals surface area contributed by atoms with Crippen LogP contribution in [0.1, 0.15) is 15.9 Å². The first kappa shape index (κ1) is 11.1. The van der Waals surface area contributed by atoms with Gasteiger partial charge in [-0.25, -0.2) is 0 Å². The highest BCUT2D eigenvalue weighted by molar-refractivity contribution is 6.20. The molecule has 78 valence electrons. The Morgan fingerprint density at radius 3 is 2.07 bits per heavy atom. The van der Waals surface area contributed by atoms with Crippen LogP contribution in [0, 0.1) is 20.2 Å². The van der Waals surface area contributed by atoms with Gasteiger partial charge in [0.25, 0.3) is 0 Å². The molecule has 0 saturated carbocycles. The first-order chi connectivity index (χ1) is 6.52. The number of hydrogen-bond acceptors (Lipinski definition) is 5. The maximum atomic E-state index is 11.0. The van der Waals surface area contributed by atoms with Crippen LogP contribution in [0.3, 0.4) is 0 Å². The summed E-state index contributed by atoms with van der Waals surface area (Å²) in [6, 6.07) is 2.20. The van der Waals surface area contributed by atoms with Crippen molar-refractivity contribution in [1.29, 1.82) is 0 Å². The SMILES string of the molecule is Cl.O=C1c2cc1c([N+](=O)[O-])c([N+](=O)[O-])c2. The number of rotatable bonds is 2. The lowest BCUT2D eigenvalue weighted by Gasteiger charge is -2.12. The van der Waals surface area contributed by atoms with Crippen molar-refractivity contribution in [2.75, 3.05) is 0 Å². The van der Waals surface area contributed by atoms with Crippen LogP contribution in [-0.2, 0) is 0 Å². The van der Waals surface area contributed by atoms with Gasteiger partial charge in [-0.3, -0.25) is 25.0 Å². The molecule has 0 aliphatic heterocycles. The fourth-order valence-electron chi connectivity index (χ4n) is 1.33. The Kier molecular flexibility index (Phi) is 2.42. The van der Waals surface area contributed by atoms with Crippen LogP contribution in [0.5, 0.6) is 0 Å². The Labute approximate surface area is 88.4 Å². The van der Waals surface area contributed by atoms with Gasteiger partial charge in [-0.15, -0.1) is 12.4 Å². The molecule has 0 heterocycles. The van der Waals surface area contributed by atoms with E-state index in [2.05, 4.69) is 0 Å². The predicted octanol–water partition coefficient (Wildman–Crippen LogP) is 1.47. The van der Waals surface area contributed by atoms with E-state index >= 15 is 0 Å². The van der Waals surface area contributed by atoms with Crippen molar-refractivity contribution in [3.05, 3.63) is 43.5 Å². The maximum absolute atomic E-state index is 11.0. The third-order valence-electron chi connectivity index (χ3n) is 1.98. The fraction of sp³-hybridized carbons (Fsp3) is 0. The second-order valence-corrected chi connectivity index (χ2v) is 2.73. The van der Waals surface area contributed by atoms with Gasteiger partial charge in [0.15, 0.2) is 0 Å². The lowest BCUT2D eigenvalue weighted by Crippen LogP contribution is -2.17. The van der Waals surface area contributed by atoms with E-state index in [0.29, 0.717) is 0 Å². The molecule has 0 atom stereocenters. The quantitative estimate of drug-likeness (QED) is 0.574. The molecule has 15 heavy (non-hydrogen) atoms. The largest absolute Gasteiger partial charge is 0.357 e. The van der Waals surface area contributed by atoms with Gasteiger partial charge in [0, 0.05) is 11.6 Å². The standard InChI is InChI=1S/C7H2N2O5.ClH/c10-7-3-1-4(7)6(9(13)14)5(2-3)8(11)12;/h1-2H;1H. The first-order valence-electron chi connectivity index (χ1n) is 3.54. The topological polar surface area (TPSA) is 103 Å².